The van der Waals surface area contributed by atoms with Crippen LogP contribution < -0.4 is 0 Å². The Hall–Kier alpha value is -1.15. The van der Waals surface area contributed by atoms with Gasteiger partial charge in [0.15, 0.2) is 5.78 Å². The Morgan fingerprint density at radius 1 is 0.958 bits per heavy atom. The summed E-state index contributed by atoms with van der Waals surface area (Å²) >= 11 is 0. The van der Waals surface area contributed by atoms with Crippen LogP contribution >= 0.6 is 0 Å². The molecular formula is C22H36O2. The van der Waals surface area contributed by atoms with Crippen LogP contribution in [0.5, 0.6) is 0 Å². The van der Waals surface area contributed by atoms with Crippen molar-refractivity contribution in [2.75, 3.05) is 0 Å². The molecule has 1 rings (SSSR count). The van der Waals surface area contributed by atoms with Crippen molar-refractivity contribution in [3.8, 4) is 0 Å². The lowest BCUT2D eigenvalue weighted by molar-refractivity contribution is -0.134. The predicted molar refractivity (Wildman–Crippen MR) is 102 cm³/mol. The molecule has 1 aromatic rings. The topological polar surface area (TPSA) is 37.3 Å². The number of benzene rings is 1. The minimum atomic E-state index is -1.19. The first-order valence-electron chi connectivity index (χ1n) is 9.75. The van der Waals surface area contributed by atoms with Crippen LogP contribution in [-0.2, 0) is 4.79 Å². The van der Waals surface area contributed by atoms with Crippen molar-refractivity contribution < 1.29 is 9.90 Å². The van der Waals surface area contributed by atoms with Gasteiger partial charge in [0, 0.05) is 6.42 Å². The van der Waals surface area contributed by atoms with Gasteiger partial charge in [-0.05, 0) is 44.6 Å². The zero-order valence-electron chi connectivity index (χ0n) is 15.9. The van der Waals surface area contributed by atoms with Crippen LogP contribution in [0.15, 0.2) is 30.3 Å². The summed E-state index contributed by atoms with van der Waals surface area (Å²) in [6, 6.07) is 10.7. The Labute approximate surface area is 148 Å². The Morgan fingerprint density at radius 2 is 1.54 bits per heavy atom. The molecule has 1 aromatic carbocycles. The summed E-state index contributed by atoms with van der Waals surface area (Å²) in [4.78, 5) is 11.9. The van der Waals surface area contributed by atoms with E-state index in [1.165, 1.54) is 50.5 Å². The molecule has 1 atom stereocenters. The summed E-state index contributed by atoms with van der Waals surface area (Å²) in [5.41, 5.74) is 0.198. The third kappa shape index (κ3) is 8.63. The molecule has 0 fully saturated rings. The third-order valence-electron chi connectivity index (χ3n) is 4.82. The van der Waals surface area contributed by atoms with Crippen molar-refractivity contribution in [3.05, 3.63) is 35.9 Å². The molecule has 136 valence electrons. The number of ketones is 1. The van der Waals surface area contributed by atoms with Gasteiger partial charge in [0.25, 0.3) is 0 Å². The molecule has 1 unspecified atom stereocenters. The van der Waals surface area contributed by atoms with Gasteiger partial charge in [0.1, 0.15) is 5.60 Å². The highest BCUT2D eigenvalue weighted by Gasteiger charge is 2.23. The Kier molecular flexibility index (Phi) is 9.94. The molecule has 0 aliphatic rings. The number of rotatable bonds is 13. The van der Waals surface area contributed by atoms with Gasteiger partial charge in [0.05, 0.1) is 0 Å². The number of hydrogen-bond acceptors (Lipinski definition) is 2. The highest BCUT2D eigenvalue weighted by Crippen LogP contribution is 2.28. The van der Waals surface area contributed by atoms with Gasteiger partial charge in [-0.2, -0.15) is 0 Å². The summed E-state index contributed by atoms with van der Waals surface area (Å²) in [6.45, 7) is 5.42. The molecular weight excluding hydrogens is 296 g/mol. The van der Waals surface area contributed by atoms with Gasteiger partial charge in [-0.15, -0.1) is 0 Å². The van der Waals surface area contributed by atoms with Gasteiger partial charge in [0.2, 0.25) is 0 Å². The number of unbranched alkanes of at least 4 members (excludes halogenated alkanes) is 5. The molecule has 2 nitrogen and oxygen atoms in total. The van der Waals surface area contributed by atoms with E-state index in [1.54, 1.807) is 13.8 Å². The zero-order chi connectivity index (χ0) is 17.8. The first-order chi connectivity index (χ1) is 11.4. The first-order valence-corrected chi connectivity index (χ1v) is 9.75. The minimum absolute atomic E-state index is 0.0473. The lowest BCUT2D eigenvalue weighted by atomic mass is 9.87. The molecule has 1 N–H and O–H groups in total. The minimum Gasteiger partial charge on any atom is -0.383 e. The molecule has 0 heterocycles. The van der Waals surface area contributed by atoms with Gasteiger partial charge < -0.3 is 5.11 Å². The zero-order valence-corrected chi connectivity index (χ0v) is 15.9. The molecule has 0 spiro atoms. The van der Waals surface area contributed by atoms with Gasteiger partial charge in [-0.1, -0.05) is 75.8 Å². The molecule has 24 heavy (non-hydrogen) atoms. The van der Waals surface area contributed by atoms with E-state index >= 15 is 0 Å². The van der Waals surface area contributed by atoms with E-state index in [-0.39, 0.29) is 5.78 Å². The Balaban J connectivity index is 2.43. The van der Waals surface area contributed by atoms with Gasteiger partial charge in [-0.3, -0.25) is 4.79 Å². The first kappa shape index (κ1) is 20.9. The van der Waals surface area contributed by atoms with Crippen LogP contribution in [-0.4, -0.2) is 16.5 Å². The quantitative estimate of drug-likeness (QED) is 0.448. The van der Waals surface area contributed by atoms with E-state index in [0.29, 0.717) is 12.3 Å². The third-order valence-corrected chi connectivity index (χ3v) is 4.82. The second-order valence-electron chi connectivity index (χ2n) is 7.54. The highest BCUT2D eigenvalue weighted by molar-refractivity contribution is 5.86. The number of carbonyl (C=O) groups is 1. The smallest absolute Gasteiger partial charge is 0.163 e. The van der Waals surface area contributed by atoms with E-state index in [9.17, 15) is 9.90 Å². The maximum Gasteiger partial charge on any atom is 0.163 e. The molecule has 0 aliphatic heterocycles. The largest absolute Gasteiger partial charge is 0.383 e. The lowest BCUT2D eigenvalue weighted by Crippen LogP contribution is -2.30. The molecule has 0 saturated carbocycles. The van der Waals surface area contributed by atoms with Crippen LogP contribution in [0.3, 0.4) is 0 Å². The van der Waals surface area contributed by atoms with Gasteiger partial charge in [-0.25, -0.2) is 0 Å². The van der Waals surface area contributed by atoms with Crippen molar-refractivity contribution in [1.29, 1.82) is 0 Å². The molecule has 0 bridgehead atoms. The van der Waals surface area contributed by atoms with Crippen LogP contribution in [0.2, 0.25) is 0 Å². The average molecular weight is 333 g/mol. The molecule has 0 aromatic heterocycles. The van der Waals surface area contributed by atoms with Gasteiger partial charge >= 0.3 is 0 Å². The number of Topliss-reactive ketones (excluding diaryl/α,β-unsaturated/α-hetero) is 1. The summed E-state index contributed by atoms with van der Waals surface area (Å²) in [7, 11) is 0. The van der Waals surface area contributed by atoms with Crippen LogP contribution in [0.25, 0.3) is 0 Å². The molecule has 0 radical (unpaired) electrons. The lowest BCUT2D eigenvalue weighted by Gasteiger charge is -2.19. The van der Waals surface area contributed by atoms with Crippen molar-refractivity contribution in [2.24, 2.45) is 0 Å². The monoisotopic (exact) mass is 332 g/mol. The van der Waals surface area contributed by atoms with Crippen molar-refractivity contribution >= 4 is 5.78 Å². The van der Waals surface area contributed by atoms with Crippen molar-refractivity contribution in [1.82, 2.24) is 0 Å². The standard InChI is InChI=1S/C22H36O2/c1-4-5-6-7-8-10-14-20(19-15-11-9-12-16-19)17-13-18-21(23)22(2,3)24/h9,11-12,15-16,20,24H,4-8,10,13-14,17-18H2,1-3H3. The summed E-state index contributed by atoms with van der Waals surface area (Å²) in [5, 5.41) is 9.76. The normalized spacial score (nSPS) is 13.0. The second kappa shape index (κ2) is 11.4. The second-order valence-corrected chi connectivity index (χ2v) is 7.54. The summed E-state index contributed by atoms with van der Waals surface area (Å²) < 4.78 is 0. The average Bonchev–Trinajstić information content (AvgIpc) is 2.56. The van der Waals surface area contributed by atoms with E-state index in [2.05, 4.69) is 37.3 Å². The fourth-order valence-corrected chi connectivity index (χ4v) is 3.19. The SMILES string of the molecule is CCCCCCCCC(CCCC(=O)C(C)(C)O)c1ccccc1. The van der Waals surface area contributed by atoms with Crippen LogP contribution in [0, 0.1) is 0 Å². The predicted octanol–water partition coefficient (Wildman–Crippen LogP) is 6.03. The summed E-state index contributed by atoms with van der Waals surface area (Å²) in [5.74, 6) is 0.487. The molecule has 0 saturated heterocycles. The molecule has 0 aliphatic carbocycles. The molecule has 0 amide bonds. The number of carbonyl (C=O) groups excluding carboxylic acids is 1. The van der Waals surface area contributed by atoms with E-state index in [4.69, 9.17) is 0 Å². The summed E-state index contributed by atoms with van der Waals surface area (Å²) in [6.07, 6.45) is 11.5. The maximum atomic E-state index is 11.9. The number of aliphatic hydroxyl groups is 1. The fourth-order valence-electron chi connectivity index (χ4n) is 3.19. The highest BCUT2D eigenvalue weighted by atomic mass is 16.3. The van der Waals surface area contributed by atoms with Crippen molar-refractivity contribution in [2.45, 2.75) is 96.5 Å². The maximum absolute atomic E-state index is 11.9. The van der Waals surface area contributed by atoms with Crippen LogP contribution in [0.1, 0.15) is 96.5 Å². The number of hydrogen-bond donors (Lipinski definition) is 1. The van der Waals surface area contributed by atoms with E-state index in [0.717, 1.165) is 12.8 Å². The van der Waals surface area contributed by atoms with Crippen LogP contribution in [0.4, 0.5) is 0 Å². The van der Waals surface area contributed by atoms with Crippen molar-refractivity contribution in [3.63, 3.8) is 0 Å². The molecule has 2 heteroatoms. The Bertz CT molecular complexity index is 445. The van der Waals surface area contributed by atoms with E-state index in [1.807, 2.05) is 0 Å². The fraction of sp³-hybridized carbons (Fsp3) is 0.682. The van der Waals surface area contributed by atoms with E-state index < -0.39 is 5.60 Å². The Morgan fingerprint density at radius 3 is 2.17 bits per heavy atom.